The summed E-state index contributed by atoms with van der Waals surface area (Å²) in [4.78, 5) is 50.5. The molecule has 2 amide bonds. The molecule has 0 atom stereocenters. The quantitative estimate of drug-likeness (QED) is 0.386. The van der Waals surface area contributed by atoms with Gasteiger partial charge in [-0.25, -0.2) is 14.8 Å². The van der Waals surface area contributed by atoms with Gasteiger partial charge in [0.05, 0.1) is 22.7 Å². The van der Waals surface area contributed by atoms with Crippen LogP contribution < -0.4 is 10.6 Å². The predicted molar refractivity (Wildman–Crippen MR) is 148 cm³/mol. The first-order valence-corrected chi connectivity index (χ1v) is 13.8. The largest absolute Gasteiger partial charge is 0.462 e. The third-order valence-electron chi connectivity index (χ3n) is 7.24. The SMILES string of the molecule is CC(C)N1CCC(NC(=O)c2nc3c(C(=O)OCC4CC4)cccc3n2CC(=O)Nc2ccc(Cl)cn2)CC1. The fourth-order valence-corrected chi connectivity index (χ4v) is 4.90. The Morgan fingerprint density at radius 2 is 1.87 bits per heavy atom. The number of carbonyl (C=O) groups is 3. The first kappa shape index (κ1) is 27.1. The fourth-order valence-electron chi connectivity index (χ4n) is 4.79. The Kier molecular flexibility index (Phi) is 8.13. The zero-order valence-electron chi connectivity index (χ0n) is 22.2. The molecule has 0 spiro atoms. The minimum atomic E-state index is -0.486. The molecule has 39 heavy (non-hydrogen) atoms. The molecule has 2 N–H and O–H groups in total. The van der Waals surface area contributed by atoms with Crippen LogP contribution in [0.3, 0.4) is 0 Å². The van der Waals surface area contributed by atoms with Crippen LogP contribution in [0.4, 0.5) is 5.82 Å². The average Bonchev–Trinajstić information content (AvgIpc) is 3.68. The van der Waals surface area contributed by atoms with E-state index in [2.05, 4.69) is 39.3 Å². The minimum absolute atomic E-state index is 0.00386. The fraction of sp³-hybridized carbons (Fsp3) is 0.464. The third kappa shape index (κ3) is 6.57. The van der Waals surface area contributed by atoms with Gasteiger partial charge in [0, 0.05) is 31.4 Å². The van der Waals surface area contributed by atoms with Crippen LogP contribution in [-0.4, -0.2) is 69.0 Å². The van der Waals surface area contributed by atoms with E-state index in [9.17, 15) is 14.4 Å². The molecule has 1 aliphatic heterocycles. The first-order valence-electron chi connectivity index (χ1n) is 13.4. The molecule has 3 heterocycles. The van der Waals surface area contributed by atoms with Gasteiger partial charge in [-0.2, -0.15) is 0 Å². The molecule has 2 fully saturated rings. The molecule has 0 bridgehead atoms. The van der Waals surface area contributed by atoms with Crippen molar-refractivity contribution in [2.45, 2.75) is 58.2 Å². The van der Waals surface area contributed by atoms with Gasteiger partial charge in [-0.15, -0.1) is 0 Å². The van der Waals surface area contributed by atoms with E-state index in [-0.39, 0.29) is 29.9 Å². The molecule has 3 aromatic rings. The van der Waals surface area contributed by atoms with Crippen molar-refractivity contribution in [3.05, 3.63) is 52.9 Å². The Morgan fingerprint density at radius 3 is 2.54 bits per heavy atom. The summed E-state index contributed by atoms with van der Waals surface area (Å²) in [5, 5.41) is 6.28. The number of carbonyl (C=O) groups excluding carboxylic acids is 3. The number of halogens is 1. The van der Waals surface area contributed by atoms with Crippen LogP contribution in [0.15, 0.2) is 36.5 Å². The predicted octanol–water partition coefficient (Wildman–Crippen LogP) is 3.89. The van der Waals surface area contributed by atoms with Crippen molar-refractivity contribution in [2.24, 2.45) is 5.92 Å². The number of imidazole rings is 1. The summed E-state index contributed by atoms with van der Waals surface area (Å²) in [5.74, 6) is -0.451. The van der Waals surface area contributed by atoms with E-state index in [4.69, 9.17) is 16.3 Å². The Bertz CT molecular complexity index is 1360. The summed E-state index contributed by atoms with van der Waals surface area (Å²) < 4.78 is 7.04. The highest BCUT2D eigenvalue weighted by atomic mass is 35.5. The Morgan fingerprint density at radius 1 is 1.10 bits per heavy atom. The van der Waals surface area contributed by atoms with Crippen LogP contribution in [0, 0.1) is 5.92 Å². The van der Waals surface area contributed by atoms with Crippen molar-refractivity contribution in [3.63, 3.8) is 0 Å². The van der Waals surface area contributed by atoms with Crippen LogP contribution in [0.1, 0.15) is 60.5 Å². The first-order chi connectivity index (χ1) is 18.8. The maximum Gasteiger partial charge on any atom is 0.340 e. The number of rotatable bonds is 9. The van der Waals surface area contributed by atoms with Crippen molar-refractivity contribution in [1.29, 1.82) is 0 Å². The lowest BCUT2D eigenvalue weighted by atomic mass is 10.0. The Hall–Kier alpha value is -3.50. The van der Waals surface area contributed by atoms with Crippen LogP contribution in [0.5, 0.6) is 0 Å². The number of likely N-dealkylation sites (tertiary alicyclic amines) is 1. The second-order valence-corrected chi connectivity index (χ2v) is 11.0. The Labute approximate surface area is 232 Å². The molecule has 2 aliphatic rings. The van der Waals surface area contributed by atoms with Crippen LogP contribution >= 0.6 is 11.6 Å². The molecule has 206 valence electrons. The summed E-state index contributed by atoms with van der Waals surface area (Å²) in [7, 11) is 0. The van der Waals surface area contributed by atoms with Crippen molar-refractivity contribution in [1.82, 2.24) is 24.8 Å². The molecule has 1 saturated heterocycles. The molecule has 1 aromatic carbocycles. The number of benzene rings is 1. The van der Waals surface area contributed by atoms with Crippen molar-refractivity contribution >= 4 is 46.2 Å². The molecular formula is C28H33ClN6O4. The highest BCUT2D eigenvalue weighted by molar-refractivity contribution is 6.30. The molecule has 5 rings (SSSR count). The zero-order valence-corrected chi connectivity index (χ0v) is 22.9. The zero-order chi connectivity index (χ0) is 27.5. The van der Waals surface area contributed by atoms with Crippen LogP contribution in [0.25, 0.3) is 11.0 Å². The van der Waals surface area contributed by atoms with E-state index in [1.54, 1.807) is 30.3 Å². The maximum absolute atomic E-state index is 13.5. The van der Waals surface area contributed by atoms with E-state index in [1.165, 1.54) is 10.8 Å². The minimum Gasteiger partial charge on any atom is -0.462 e. The van der Waals surface area contributed by atoms with Gasteiger partial charge >= 0.3 is 5.97 Å². The van der Waals surface area contributed by atoms with E-state index >= 15 is 0 Å². The number of nitrogens with one attached hydrogen (secondary N) is 2. The number of hydrogen-bond acceptors (Lipinski definition) is 7. The number of pyridine rings is 1. The van der Waals surface area contributed by atoms with Crippen molar-refractivity contribution in [3.8, 4) is 0 Å². The van der Waals surface area contributed by atoms with Gasteiger partial charge < -0.3 is 24.8 Å². The lowest BCUT2D eigenvalue weighted by Crippen LogP contribution is -2.47. The third-order valence-corrected chi connectivity index (χ3v) is 7.46. The van der Waals surface area contributed by atoms with Crippen molar-refractivity contribution in [2.75, 3.05) is 25.0 Å². The highest BCUT2D eigenvalue weighted by Crippen LogP contribution is 2.30. The van der Waals surface area contributed by atoms with E-state index in [0.29, 0.717) is 40.4 Å². The number of fused-ring (bicyclic) bond motifs is 1. The summed E-state index contributed by atoms with van der Waals surface area (Å²) in [6, 6.07) is 8.75. The van der Waals surface area contributed by atoms with Gasteiger partial charge in [0.15, 0.2) is 0 Å². The summed E-state index contributed by atoms with van der Waals surface area (Å²) >= 11 is 5.90. The number of ether oxygens (including phenoxy) is 1. The number of amides is 2. The van der Waals surface area contributed by atoms with Crippen LogP contribution in [0.2, 0.25) is 5.02 Å². The lowest BCUT2D eigenvalue weighted by molar-refractivity contribution is -0.116. The number of piperidine rings is 1. The van der Waals surface area contributed by atoms with Gasteiger partial charge in [0.1, 0.15) is 17.9 Å². The van der Waals surface area contributed by atoms with Gasteiger partial charge in [0.2, 0.25) is 11.7 Å². The van der Waals surface area contributed by atoms with Gasteiger partial charge in [-0.1, -0.05) is 17.7 Å². The molecule has 11 heteroatoms. The summed E-state index contributed by atoms with van der Waals surface area (Å²) in [6.45, 7) is 6.29. The second kappa shape index (κ2) is 11.7. The molecule has 0 unspecified atom stereocenters. The number of esters is 1. The molecular weight excluding hydrogens is 520 g/mol. The number of hydrogen-bond donors (Lipinski definition) is 2. The summed E-state index contributed by atoms with van der Waals surface area (Å²) in [5.41, 5.74) is 1.09. The maximum atomic E-state index is 13.5. The molecule has 10 nitrogen and oxygen atoms in total. The highest BCUT2D eigenvalue weighted by Gasteiger charge is 2.28. The number of aromatic nitrogens is 3. The molecule has 2 aromatic heterocycles. The monoisotopic (exact) mass is 552 g/mol. The topological polar surface area (TPSA) is 118 Å². The number of nitrogens with zero attached hydrogens (tertiary/aromatic N) is 4. The molecule has 0 radical (unpaired) electrons. The lowest BCUT2D eigenvalue weighted by Gasteiger charge is -2.34. The standard InChI is InChI=1S/C28H33ClN6O4/c1-17(2)34-12-10-20(11-13-34)31-27(37)26-33-25-21(28(38)39-16-18-6-7-18)4-3-5-22(25)35(26)15-24(36)32-23-9-8-19(29)14-30-23/h3-5,8-9,14,17-18,20H,6-7,10-13,15-16H2,1-2H3,(H,31,37)(H,30,32,36). The Balaban J connectivity index is 1.41. The van der Waals surface area contributed by atoms with Gasteiger partial charge in [0.25, 0.3) is 5.91 Å². The van der Waals surface area contributed by atoms with E-state index in [0.717, 1.165) is 38.8 Å². The van der Waals surface area contributed by atoms with Crippen molar-refractivity contribution < 1.29 is 19.1 Å². The van der Waals surface area contributed by atoms with Gasteiger partial charge in [-0.3, -0.25) is 9.59 Å². The smallest absolute Gasteiger partial charge is 0.340 e. The van der Waals surface area contributed by atoms with E-state index < -0.39 is 11.9 Å². The van der Waals surface area contributed by atoms with Gasteiger partial charge in [-0.05, 0) is 69.7 Å². The normalized spacial score (nSPS) is 16.4. The average molecular weight is 553 g/mol. The number of anilines is 1. The van der Waals surface area contributed by atoms with E-state index in [1.807, 2.05) is 0 Å². The molecule has 1 aliphatic carbocycles. The second-order valence-electron chi connectivity index (χ2n) is 10.5. The number of para-hydroxylation sites is 1. The summed E-state index contributed by atoms with van der Waals surface area (Å²) in [6.07, 6.45) is 5.21. The van der Waals surface area contributed by atoms with Crippen LogP contribution in [-0.2, 0) is 16.1 Å². The molecule has 1 saturated carbocycles.